The molecular weight excluding hydrogens is 318 g/mol. The lowest BCUT2D eigenvalue weighted by Crippen LogP contribution is -2.48. The van der Waals surface area contributed by atoms with Crippen molar-refractivity contribution < 1.29 is 4.39 Å². The van der Waals surface area contributed by atoms with E-state index in [4.69, 9.17) is 0 Å². The van der Waals surface area contributed by atoms with Crippen molar-refractivity contribution in [3.8, 4) is 0 Å². The molecule has 1 aliphatic heterocycles. The van der Waals surface area contributed by atoms with E-state index in [2.05, 4.69) is 17.1 Å². The number of nitrogens with zero attached hydrogens (tertiary/aromatic N) is 1. The van der Waals surface area contributed by atoms with Crippen molar-refractivity contribution in [3.63, 3.8) is 0 Å². The topological polar surface area (TPSA) is 15.3 Å². The lowest BCUT2D eigenvalue weighted by Gasteiger charge is -2.31. The number of piperazine rings is 1. The summed E-state index contributed by atoms with van der Waals surface area (Å²) in [5.74, 6) is -0.127. The van der Waals surface area contributed by atoms with Crippen LogP contribution in [0.1, 0.15) is 12.5 Å². The zero-order chi connectivity index (χ0) is 11.5. The molecule has 1 heterocycles. The first-order valence-electron chi connectivity index (χ1n) is 5.55. The van der Waals surface area contributed by atoms with Gasteiger partial charge in [-0.25, -0.2) is 4.39 Å². The maximum absolute atomic E-state index is 13.1. The molecule has 2 rings (SSSR count). The van der Waals surface area contributed by atoms with E-state index in [1.165, 1.54) is 5.56 Å². The molecule has 0 amide bonds. The van der Waals surface area contributed by atoms with Gasteiger partial charge in [-0.2, -0.15) is 0 Å². The number of rotatable bonds is 2. The molecule has 2 nitrogen and oxygen atoms in total. The highest BCUT2D eigenvalue weighted by molar-refractivity contribution is 14.1. The van der Waals surface area contributed by atoms with E-state index >= 15 is 0 Å². The van der Waals surface area contributed by atoms with Crippen LogP contribution in [0.5, 0.6) is 0 Å². The molecule has 4 heteroatoms. The van der Waals surface area contributed by atoms with Crippen molar-refractivity contribution in [1.29, 1.82) is 0 Å². The molecule has 1 atom stereocenters. The van der Waals surface area contributed by atoms with Crippen LogP contribution in [0.2, 0.25) is 0 Å². The Hall–Kier alpha value is -0.200. The molecule has 1 aromatic rings. The van der Waals surface area contributed by atoms with Gasteiger partial charge in [0, 0.05) is 35.8 Å². The first-order valence-corrected chi connectivity index (χ1v) is 6.62. The first kappa shape index (κ1) is 12.3. The molecule has 1 saturated heterocycles. The first-order chi connectivity index (χ1) is 7.65. The molecule has 1 fully saturated rings. The average molecular weight is 334 g/mol. The van der Waals surface area contributed by atoms with Crippen LogP contribution in [0.25, 0.3) is 0 Å². The Balaban J connectivity index is 2.00. The Kier molecular flexibility index (Phi) is 4.16. The number of nitrogens with one attached hydrogen (secondary N) is 1. The number of hydrogen-bond donors (Lipinski definition) is 1. The second-order valence-corrected chi connectivity index (χ2v) is 5.50. The summed E-state index contributed by atoms with van der Waals surface area (Å²) in [6.07, 6.45) is 0. The van der Waals surface area contributed by atoms with Gasteiger partial charge in [-0.3, -0.25) is 4.90 Å². The van der Waals surface area contributed by atoms with E-state index in [9.17, 15) is 4.39 Å². The molecular formula is C12H16FIN2. The van der Waals surface area contributed by atoms with Gasteiger partial charge in [-0.15, -0.1) is 0 Å². The summed E-state index contributed by atoms with van der Waals surface area (Å²) in [7, 11) is 0. The van der Waals surface area contributed by atoms with Gasteiger partial charge in [0.25, 0.3) is 0 Å². The minimum absolute atomic E-state index is 0.127. The summed E-state index contributed by atoms with van der Waals surface area (Å²) in [6, 6.07) is 5.92. The van der Waals surface area contributed by atoms with Crippen LogP contribution < -0.4 is 5.32 Å². The standard InChI is InChI=1S/C12H16FIN2/c1-9-7-16(5-4-15-9)8-10-2-3-11(13)12(14)6-10/h2-3,6,9,15H,4-5,7-8H2,1H3/t9-/m0/s1. The third-order valence-corrected chi connectivity index (χ3v) is 3.67. The van der Waals surface area contributed by atoms with Crippen molar-refractivity contribution in [2.24, 2.45) is 0 Å². The normalized spacial score (nSPS) is 22.3. The van der Waals surface area contributed by atoms with E-state index in [0.717, 1.165) is 26.2 Å². The lowest BCUT2D eigenvalue weighted by molar-refractivity contribution is 0.199. The smallest absolute Gasteiger partial charge is 0.136 e. The summed E-state index contributed by atoms with van der Waals surface area (Å²) in [5.41, 5.74) is 1.19. The minimum Gasteiger partial charge on any atom is -0.312 e. The maximum Gasteiger partial charge on any atom is 0.136 e. The summed E-state index contributed by atoms with van der Waals surface area (Å²) in [4.78, 5) is 2.41. The molecule has 0 radical (unpaired) electrons. The van der Waals surface area contributed by atoms with Gasteiger partial charge in [0.2, 0.25) is 0 Å². The second kappa shape index (κ2) is 5.42. The number of benzene rings is 1. The van der Waals surface area contributed by atoms with Crippen LogP contribution >= 0.6 is 22.6 Å². The zero-order valence-electron chi connectivity index (χ0n) is 9.34. The molecule has 0 unspecified atom stereocenters. The van der Waals surface area contributed by atoms with Crippen LogP contribution in [-0.2, 0) is 6.54 Å². The fraction of sp³-hybridized carbons (Fsp3) is 0.500. The van der Waals surface area contributed by atoms with Crippen molar-refractivity contribution >= 4 is 22.6 Å². The summed E-state index contributed by atoms with van der Waals surface area (Å²) >= 11 is 2.04. The lowest BCUT2D eigenvalue weighted by atomic mass is 10.1. The molecule has 1 N–H and O–H groups in total. The van der Waals surface area contributed by atoms with Gasteiger partial charge in [0.15, 0.2) is 0 Å². The Morgan fingerprint density at radius 3 is 3.06 bits per heavy atom. The molecule has 0 aromatic heterocycles. The molecule has 0 bridgehead atoms. The molecule has 16 heavy (non-hydrogen) atoms. The Bertz CT molecular complexity index is 370. The molecule has 1 aliphatic rings. The Labute approximate surface area is 109 Å². The molecule has 0 spiro atoms. The highest BCUT2D eigenvalue weighted by atomic mass is 127. The fourth-order valence-electron chi connectivity index (χ4n) is 2.05. The predicted octanol–water partition coefficient (Wildman–Crippen LogP) is 2.22. The second-order valence-electron chi connectivity index (χ2n) is 4.34. The van der Waals surface area contributed by atoms with Gasteiger partial charge < -0.3 is 5.32 Å². The summed E-state index contributed by atoms with van der Waals surface area (Å²) < 4.78 is 13.8. The van der Waals surface area contributed by atoms with Gasteiger partial charge in [0.1, 0.15) is 5.82 Å². The quantitative estimate of drug-likeness (QED) is 0.835. The molecule has 0 saturated carbocycles. The third kappa shape index (κ3) is 3.15. The van der Waals surface area contributed by atoms with Crippen LogP contribution in [0.4, 0.5) is 4.39 Å². The van der Waals surface area contributed by atoms with Crippen molar-refractivity contribution in [2.45, 2.75) is 19.5 Å². The maximum atomic E-state index is 13.1. The Morgan fingerprint density at radius 1 is 1.56 bits per heavy atom. The minimum atomic E-state index is -0.127. The molecule has 88 valence electrons. The zero-order valence-corrected chi connectivity index (χ0v) is 11.5. The van der Waals surface area contributed by atoms with Crippen molar-refractivity contribution in [2.75, 3.05) is 19.6 Å². The third-order valence-electron chi connectivity index (χ3n) is 2.84. The van der Waals surface area contributed by atoms with E-state index in [1.807, 2.05) is 34.7 Å². The average Bonchev–Trinajstić information content (AvgIpc) is 2.24. The van der Waals surface area contributed by atoms with Crippen LogP contribution in [0.3, 0.4) is 0 Å². The van der Waals surface area contributed by atoms with E-state index in [1.54, 1.807) is 6.07 Å². The monoisotopic (exact) mass is 334 g/mol. The summed E-state index contributed by atoms with van der Waals surface area (Å²) in [5, 5.41) is 3.42. The van der Waals surface area contributed by atoms with Crippen LogP contribution in [0.15, 0.2) is 18.2 Å². The van der Waals surface area contributed by atoms with E-state index in [-0.39, 0.29) is 5.82 Å². The molecule has 0 aliphatic carbocycles. The van der Waals surface area contributed by atoms with Gasteiger partial charge in [-0.05, 0) is 47.2 Å². The summed E-state index contributed by atoms with van der Waals surface area (Å²) in [6.45, 7) is 6.29. The SMILES string of the molecule is C[C@H]1CN(Cc2ccc(F)c(I)c2)CCN1. The van der Waals surface area contributed by atoms with Gasteiger partial charge >= 0.3 is 0 Å². The van der Waals surface area contributed by atoms with Gasteiger partial charge in [0.05, 0.1) is 0 Å². The van der Waals surface area contributed by atoms with Crippen molar-refractivity contribution in [1.82, 2.24) is 10.2 Å². The van der Waals surface area contributed by atoms with E-state index < -0.39 is 0 Å². The van der Waals surface area contributed by atoms with Crippen molar-refractivity contribution in [3.05, 3.63) is 33.1 Å². The van der Waals surface area contributed by atoms with Crippen LogP contribution in [-0.4, -0.2) is 30.6 Å². The number of halogens is 2. The predicted molar refractivity (Wildman–Crippen MR) is 71.9 cm³/mol. The Morgan fingerprint density at radius 2 is 2.38 bits per heavy atom. The highest BCUT2D eigenvalue weighted by Crippen LogP contribution is 2.15. The van der Waals surface area contributed by atoms with E-state index in [0.29, 0.717) is 9.61 Å². The fourth-order valence-corrected chi connectivity index (χ4v) is 2.63. The number of hydrogen-bond acceptors (Lipinski definition) is 2. The van der Waals surface area contributed by atoms with Crippen LogP contribution in [0, 0.1) is 9.39 Å². The molecule has 1 aromatic carbocycles. The van der Waals surface area contributed by atoms with Gasteiger partial charge in [-0.1, -0.05) is 6.07 Å². The largest absolute Gasteiger partial charge is 0.312 e. The highest BCUT2D eigenvalue weighted by Gasteiger charge is 2.15.